The van der Waals surface area contributed by atoms with Gasteiger partial charge in [-0.05, 0) is 97.6 Å². The molecule has 290 valence electrons. The summed E-state index contributed by atoms with van der Waals surface area (Å²) in [7, 11) is 0. The molecule has 1 aliphatic heterocycles. The second-order valence-corrected chi connectivity index (χ2v) is 16.5. The molecule has 0 fully saturated rings. The third-order valence-electron chi connectivity index (χ3n) is 12.6. The SMILES string of the molecule is CC1(C)c2ccccc2N(c2c(N(c3ccc(-c4ccccc4)cc3)c3ccccc3-c3ccccc3)ccc3ccccc23)c2cccc(-c3ccc4ccccc4c3)c21. The molecule has 2 heteroatoms. The zero-order chi connectivity index (χ0) is 40.9. The Morgan fingerprint density at radius 1 is 0.377 bits per heavy atom. The molecule has 0 N–H and O–H groups in total. The summed E-state index contributed by atoms with van der Waals surface area (Å²) in [4.78, 5) is 5.04. The zero-order valence-corrected chi connectivity index (χ0v) is 34.3. The van der Waals surface area contributed by atoms with Crippen molar-refractivity contribution >= 4 is 55.7 Å². The summed E-state index contributed by atoms with van der Waals surface area (Å²) in [6.07, 6.45) is 0. The van der Waals surface area contributed by atoms with Crippen LogP contribution in [0.3, 0.4) is 0 Å². The Kier molecular flexibility index (Phi) is 8.86. The number of rotatable bonds is 7. The van der Waals surface area contributed by atoms with E-state index < -0.39 is 0 Å². The largest absolute Gasteiger partial charge is 0.308 e. The molecule has 0 saturated heterocycles. The highest BCUT2D eigenvalue weighted by molar-refractivity contribution is 6.10. The number of hydrogen-bond acceptors (Lipinski definition) is 2. The van der Waals surface area contributed by atoms with Crippen molar-refractivity contribution in [2.24, 2.45) is 0 Å². The van der Waals surface area contributed by atoms with E-state index >= 15 is 0 Å². The molecule has 0 aromatic heterocycles. The van der Waals surface area contributed by atoms with E-state index in [9.17, 15) is 0 Å². The molecule has 1 heterocycles. The Morgan fingerprint density at radius 2 is 0.951 bits per heavy atom. The van der Waals surface area contributed by atoms with Crippen LogP contribution in [0.15, 0.2) is 231 Å². The molecule has 0 radical (unpaired) electrons. The number of benzene rings is 10. The fourth-order valence-corrected chi connectivity index (χ4v) is 9.71. The molecule has 0 spiro atoms. The highest BCUT2D eigenvalue weighted by Gasteiger charge is 2.40. The van der Waals surface area contributed by atoms with Crippen LogP contribution in [0.5, 0.6) is 0 Å². The van der Waals surface area contributed by atoms with E-state index in [1.165, 1.54) is 71.9 Å². The standard InChI is InChI=1S/C59H44N2/c1-59(2)52-28-14-16-30-54(52)61(55-31-17-27-50(57(55)59)47-33-32-42-20-9-10-24-46(42)40-47)58-51-26-12-11-23-45(51)36-39-56(58)60(48-37-34-43(35-38-48)41-18-5-3-6-19-41)53-29-15-13-25-49(53)44-21-7-4-8-22-44/h3-40H,1-2H3. The van der Waals surface area contributed by atoms with E-state index in [0.717, 1.165) is 28.3 Å². The monoisotopic (exact) mass is 780 g/mol. The number of hydrogen-bond donors (Lipinski definition) is 0. The lowest BCUT2D eigenvalue weighted by Crippen LogP contribution is -2.32. The first kappa shape index (κ1) is 36.4. The number of para-hydroxylation sites is 2. The molecule has 10 aromatic carbocycles. The van der Waals surface area contributed by atoms with Crippen LogP contribution < -0.4 is 9.80 Å². The Bertz CT molecular complexity index is 3220. The van der Waals surface area contributed by atoms with Gasteiger partial charge in [0.25, 0.3) is 0 Å². The van der Waals surface area contributed by atoms with Gasteiger partial charge in [0.2, 0.25) is 0 Å². The van der Waals surface area contributed by atoms with E-state index in [4.69, 9.17) is 0 Å². The average Bonchev–Trinajstić information content (AvgIpc) is 3.33. The highest BCUT2D eigenvalue weighted by Crippen LogP contribution is 2.58. The molecular weight excluding hydrogens is 737 g/mol. The maximum Gasteiger partial charge on any atom is 0.0781 e. The Labute approximate surface area is 358 Å². The van der Waals surface area contributed by atoms with Gasteiger partial charge in [0.05, 0.1) is 28.4 Å². The Morgan fingerprint density at radius 3 is 1.75 bits per heavy atom. The quantitative estimate of drug-likeness (QED) is 0.159. The van der Waals surface area contributed by atoms with Crippen molar-refractivity contribution in [1.29, 1.82) is 0 Å². The summed E-state index contributed by atoms with van der Waals surface area (Å²) in [5, 5.41) is 4.85. The summed E-state index contributed by atoms with van der Waals surface area (Å²) in [5.41, 5.74) is 16.2. The lowest BCUT2D eigenvalue weighted by Gasteiger charge is -2.44. The van der Waals surface area contributed by atoms with Crippen molar-refractivity contribution in [3.05, 3.63) is 242 Å². The van der Waals surface area contributed by atoms with Gasteiger partial charge >= 0.3 is 0 Å². The minimum Gasteiger partial charge on any atom is -0.308 e. The molecule has 61 heavy (non-hydrogen) atoms. The molecule has 0 bridgehead atoms. The maximum absolute atomic E-state index is 2.56. The minimum atomic E-state index is -0.303. The first-order valence-electron chi connectivity index (χ1n) is 21.2. The minimum absolute atomic E-state index is 0.303. The van der Waals surface area contributed by atoms with Crippen LogP contribution in [0, 0.1) is 0 Å². The zero-order valence-electron chi connectivity index (χ0n) is 34.3. The van der Waals surface area contributed by atoms with Crippen molar-refractivity contribution in [2.45, 2.75) is 19.3 Å². The predicted octanol–water partition coefficient (Wildman–Crippen LogP) is 16.6. The van der Waals surface area contributed by atoms with Gasteiger partial charge in [-0.2, -0.15) is 0 Å². The van der Waals surface area contributed by atoms with Gasteiger partial charge in [0.1, 0.15) is 0 Å². The molecule has 2 nitrogen and oxygen atoms in total. The van der Waals surface area contributed by atoms with Gasteiger partial charge in [-0.15, -0.1) is 0 Å². The van der Waals surface area contributed by atoms with E-state index in [1.807, 2.05) is 0 Å². The fourth-order valence-electron chi connectivity index (χ4n) is 9.71. The van der Waals surface area contributed by atoms with Crippen LogP contribution in [0.25, 0.3) is 54.9 Å². The first-order chi connectivity index (χ1) is 30.0. The van der Waals surface area contributed by atoms with Gasteiger partial charge in [-0.25, -0.2) is 0 Å². The summed E-state index contributed by atoms with van der Waals surface area (Å²) in [6, 6.07) is 84.3. The van der Waals surface area contributed by atoms with E-state index in [1.54, 1.807) is 0 Å². The Balaban J connectivity index is 1.21. The summed E-state index contributed by atoms with van der Waals surface area (Å²) >= 11 is 0. The molecule has 0 atom stereocenters. The molecule has 0 unspecified atom stereocenters. The predicted molar refractivity (Wildman–Crippen MR) is 259 cm³/mol. The fraction of sp³-hybridized carbons (Fsp3) is 0.0508. The molecule has 0 saturated carbocycles. The van der Waals surface area contributed by atoms with Gasteiger partial charge in [-0.3, -0.25) is 0 Å². The molecule has 1 aliphatic rings. The number of anilines is 6. The van der Waals surface area contributed by atoms with Gasteiger partial charge in [0.15, 0.2) is 0 Å². The van der Waals surface area contributed by atoms with Gasteiger partial charge in [0, 0.05) is 22.1 Å². The van der Waals surface area contributed by atoms with Crippen molar-refractivity contribution in [2.75, 3.05) is 9.80 Å². The average molecular weight is 781 g/mol. The summed E-state index contributed by atoms with van der Waals surface area (Å²) < 4.78 is 0. The number of fused-ring (bicyclic) bond motifs is 4. The molecule has 10 aromatic rings. The van der Waals surface area contributed by atoms with E-state index in [2.05, 4.69) is 254 Å². The first-order valence-corrected chi connectivity index (χ1v) is 21.2. The van der Waals surface area contributed by atoms with Crippen LogP contribution in [0.1, 0.15) is 25.0 Å². The van der Waals surface area contributed by atoms with Crippen LogP contribution in [0.4, 0.5) is 34.1 Å². The summed E-state index contributed by atoms with van der Waals surface area (Å²) in [6.45, 7) is 4.79. The van der Waals surface area contributed by atoms with Crippen molar-refractivity contribution in [1.82, 2.24) is 0 Å². The molecule has 0 aliphatic carbocycles. The van der Waals surface area contributed by atoms with Crippen molar-refractivity contribution in [3.63, 3.8) is 0 Å². The van der Waals surface area contributed by atoms with Crippen LogP contribution >= 0.6 is 0 Å². The lowest BCUT2D eigenvalue weighted by atomic mass is 9.70. The second-order valence-electron chi connectivity index (χ2n) is 16.5. The van der Waals surface area contributed by atoms with Crippen LogP contribution in [-0.2, 0) is 5.41 Å². The molecule has 0 amide bonds. The molecular formula is C59H44N2. The third-order valence-corrected chi connectivity index (χ3v) is 12.6. The lowest BCUT2D eigenvalue weighted by molar-refractivity contribution is 0.634. The topological polar surface area (TPSA) is 6.48 Å². The second kappa shape index (κ2) is 14.9. The van der Waals surface area contributed by atoms with Gasteiger partial charge in [-0.1, -0.05) is 202 Å². The van der Waals surface area contributed by atoms with Crippen LogP contribution in [-0.4, -0.2) is 0 Å². The normalized spacial score (nSPS) is 12.9. The maximum atomic E-state index is 2.56. The van der Waals surface area contributed by atoms with Gasteiger partial charge < -0.3 is 9.80 Å². The van der Waals surface area contributed by atoms with Crippen molar-refractivity contribution in [3.8, 4) is 33.4 Å². The van der Waals surface area contributed by atoms with Crippen LogP contribution in [0.2, 0.25) is 0 Å². The van der Waals surface area contributed by atoms with E-state index in [-0.39, 0.29) is 5.41 Å². The third kappa shape index (κ3) is 6.19. The molecule has 11 rings (SSSR count). The highest BCUT2D eigenvalue weighted by atomic mass is 15.2. The smallest absolute Gasteiger partial charge is 0.0781 e. The van der Waals surface area contributed by atoms with E-state index in [0.29, 0.717) is 0 Å². The van der Waals surface area contributed by atoms with Crippen molar-refractivity contribution < 1.29 is 0 Å². The summed E-state index contributed by atoms with van der Waals surface area (Å²) in [5.74, 6) is 0. The number of nitrogens with zero attached hydrogens (tertiary/aromatic N) is 2. The Hall–Kier alpha value is -7.68.